The van der Waals surface area contributed by atoms with Gasteiger partial charge in [-0.2, -0.15) is 10.4 Å². The quantitative estimate of drug-likeness (QED) is 0.808. The molecule has 0 saturated heterocycles. The molecule has 17 heavy (non-hydrogen) atoms. The number of hydrogen-bond donors (Lipinski definition) is 2. The van der Waals surface area contributed by atoms with Gasteiger partial charge in [-0.3, -0.25) is 0 Å². The summed E-state index contributed by atoms with van der Waals surface area (Å²) < 4.78 is 1.55. The molecule has 0 spiro atoms. The van der Waals surface area contributed by atoms with Gasteiger partial charge in [0.15, 0.2) is 5.82 Å². The van der Waals surface area contributed by atoms with E-state index in [0.29, 0.717) is 12.4 Å². The smallest absolute Gasteiger partial charge is 0.165 e. The monoisotopic (exact) mass is 227 g/mol. The molecule has 4 N–H and O–H groups in total. The second-order valence-corrected chi connectivity index (χ2v) is 3.84. The minimum Gasteiger partial charge on any atom is -0.383 e. The fraction of sp³-hybridized carbons (Fsp3) is 0.167. The Bertz CT molecular complexity index is 591. The second-order valence-electron chi connectivity index (χ2n) is 3.84. The minimum absolute atomic E-state index is 0.179. The van der Waals surface area contributed by atoms with Gasteiger partial charge in [0, 0.05) is 0 Å². The number of nitrogens with two attached hydrogens (primary N) is 2. The fourth-order valence-corrected chi connectivity index (χ4v) is 1.68. The van der Waals surface area contributed by atoms with E-state index in [4.69, 9.17) is 16.7 Å². The van der Waals surface area contributed by atoms with Crippen molar-refractivity contribution in [3.8, 4) is 6.07 Å². The molecule has 0 fully saturated rings. The highest BCUT2D eigenvalue weighted by Crippen LogP contribution is 2.19. The van der Waals surface area contributed by atoms with Crippen LogP contribution in [0.3, 0.4) is 0 Å². The molecule has 0 bridgehead atoms. The van der Waals surface area contributed by atoms with Crippen LogP contribution in [-0.4, -0.2) is 9.78 Å². The number of nitriles is 1. The number of nitrogen functional groups attached to an aromatic ring is 2. The molecular formula is C12H13N5. The van der Waals surface area contributed by atoms with Gasteiger partial charge in [0.05, 0.1) is 6.54 Å². The lowest BCUT2D eigenvalue weighted by molar-refractivity contribution is 0.697. The van der Waals surface area contributed by atoms with Crippen molar-refractivity contribution < 1.29 is 0 Å². The molecule has 0 atom stereocenters. The molecule has 0 saturated carbocycles. The van der Waals surface area contributed by atoms with Crippen molar-refractivity contribution in [1.29, 1.82) is 5.26 Å². The number of aryl methyl sites for hydroxylation is 1. The molecule has 5 nitrogen and oxygen atoms in total. The Hall–Kier alpha value is -2.48. The predicted octanol–water partition coefficient (Wildman–Crippen LogP) is 1.28. The highest BCUT2D eigenvalue weighted by molar-refractivity contribution is 5.61. The van der Waals surface area contributed by atoms with E-state index in [-0.39, 0.29) is 11.4 Å². The molecule has 86 valence electrons. The summed E-state index contributed by atoms with van der Waals surface area (Å²) in [5.41, 5.74) is 13.9. The summed E-state index contributed by atoms with van der Waals surface area (Å²) in [5.74, 6) is 0.492. The molecule has 0 radical (unpaired) electrons. The third-order valence-corrected chi connectivity index (χ3v) is 2.71. The van der Waals surface area contributed by atoms with Gasteiger partial charge in [-0.25, -0.2) is 4.68 Å². The Morgan fingerprint density at radius 1 is 1.35 bits per heavy atom. The summed E-state index contributed by atoms with van der Waals surface area (Å²) in [6, 6.07) is 9.89. The highest BCUT2D eigenvalue weighted by atomic mass is 15.3. The maximum atomic E-state index is 8.87. The highest BCUT2D eigenvalue weighted by Gasteiger charge is 2.13. The van der Waals surface area contributed by atoms with Crippen LogP contribution in [0, 0.1) is 18.3 Å². The maximum absolute atomic E-state index is 8.87. The first-order valence-corrected chi connectivity index (χ1v) is 5.20. The van der Waals surface area contributed by atoms with Gasteiger partial charge in [0.1, 0.15) is 17.5 Å². The van der Waals surface area contributed by atoms with Crippen molar-refractivity contribution in [2.45, 2.75) is 13.5 Å². The average Bonchev–Trinajstić information content (AvgIpc) is 2.57. The molecule has 2 rings (SSSR count). The average molecular weight is 227 g/mol. The molecule has 1 aromatic heterocycles. The van der Waals surface area contributed by atoms with Crippen LogP contribution in [0.1, 0.15) is 16.7 Å². The van der Waals surface area contributed by atoms with Gasteiger partial charge in [-0.1, -0.05) is 24.3 Å². The number of benzene rings is 1. The topological polar surface area (TPSA) is 93.6 Å². The van der Waals surface area contributed by atoms with Crippen LogP contribution >= 0.6 is 0 Å². The van der Waals surface area contributed by atoms with Crippen molar-refractivity contribution in [3.63, 3.8) is 0 Å². The lowest BCUT2D eigenvalue weighted by Gasteiger charge is -2.06. The first-order chi connectivity index (χ1) is 8.13. The summed E-state index contributed by atoms with van der Waals surface area (Å²) in [7, 11) is 0. The number of rotatable bonds is 2. The van der Waals surface area contributed by atoms with E-state index in [1.54, 1.807) is 4.68 Å². The zero-order valence-corrected chi connectivity index (χ0v) is 9.51. The molecule has 5 heteroatoms. The van der Waals surface area contributed by atoms with Crippen LogP contribution in [-0.2, 0) is 6.54 Å². The van der Waals surface area contributed by atoms with Gasteiger partial charge < -0.3 is 11.5 Å². The van der Waals surface area contributed by atoms with Crippen molar-refractivity contribution in [2.75, 3.05) is 11.5 Å². The number of hydrogen-bond acceptors (Lipinski definition) is 4. The lowest BCUT2D eigenvalue weighted by Crippen LogP contribution is -2.07. The molecule has 0 aliphatic carbocycles. The molecule has 0 aliphatic heterocycles. The van der Waals surface area contributed by atoms with Crippen molar-refractivity contribution in [3.05, 3.63) is 41.0 Å². The third kappa shape index (κ3) is 1.93. The van der Waals surface area contributed by atoms with E-state index in [2.05, 4.69) is 5.10 Å². The zero-order valence-electron chi connectivity index (χ0n) is 9.51. The number of aromatic nitrogens is 2. The fourth-order valence-electron chi connectivity index (χ4n) is 1.68. The largest absolute Gasteiger partial charge is 0.383 e. The van der Waals surface area contributed by atoms with Crippen LogP contribution in [0.25, 0.3) is 0 Å². The van der Waals surface area contributed by atoms with Crippen molar-refractivity contribution in [1.82, 2.24) is 9.78 Å². The van der Waals surface area contributed by atoms with E-state index < -0.39 is 0 Å². The van der Waals surface area contributed by atoms with Crippen LogP contribution in [0.15, 0.2) is 24.3 Å². The summed E-state index contributed by atoms with van der Waals surface area (Å²) in [4.78, 5) is 0. The zero-order chi connectivity index (χ0) is 12.4. The first kappa shape index (κ1) is 11.0. The Kier molecular flexibility index (Phi) is 2.71. The number of nitrogens with zero attached hydrogens (tertiary/aromatic N) is 3. The third-order valence-electron chi connectivity index (χ3n) is 2.71. The van der Waals surface area contributed by atoms with Crippen LogP contribution in [0.5, 0.6) is 0 Å². The van der Waals surface area contributed by atoms with E-state index in [1.807, 2.05) is 37.3 Å². The van der Waals surface area contributed by atoms with Crippen LogP contribution in [0.2, 0.25) is 0 Å². The van der Waals surface area contributed by atoms with E-state index >= 15 is 0 Å². The van der Waals surface area contributed by atoms with Crippen molar-refractivity contribution in [2.24, 2.45) is 0 Å². The molecule has 1 aromatic carbocycles. The molecule has 0 amide bonds. The van der Waals surface area contributed by atoms with E-state index in [0.717, 1.165) is 11.1 Å². The summed E-state index contributed by atoms with van der Waals surface area (Å²) in [6.07, 6.45) is 0. The number of anilines is 2. The van der Waals surface area contributed by atoms with Gasteiger partial charge in [-0.05, 0) is 18.1 Å². The Morgan fingerprint density at radius 3 is 2.65 bits per heavy atom. The summed E-state index contributed by atoms with van der Waals surface area (Å²) in [5, 5.41) is 12.9. The van der Waals surface area contributed by atoms with Gasteiger partial charge in [-0.15, -0.1) is 0 Å². The molecule has 0 aliphatic rings. The summed E-state index contributed by atoms with van der Waals surface area (Å²) >= 11 is 0. The first-order valence-electron chi connectivity index (χ1n) is 5.20. The van der Waals surface area contributed by atoms with Crippen molar-refractivity contribution >= 4 is 11.6 Å². The van der Waals surface area contributed by atoms with E-state index in [1.165, 1.54) is 0 Å². The van der Waals surface area contributed by atoms with E-state index in [9.17, 15) is 0 Å². The molecule has 2 aromatic rings. The van der Waals surface area contributed by atoms with Gasteiger partial charge in [0.25, 0.3) is 0 Å². The molecule has 1 heterocycles. The van der Waals surface area contributed by atoms with Gasteiger partial charge >= 0.3 is 0 Å². The standard InChI is InChI=1S/C12H13N5/c1-8-4-2-3-5-9(8)7-17-12(15)10(6-13)11(14)16-17/h2-5H,7,15H2,1H3,(H2,14,16). The Balaban J connectivity index is 2.38. The minimum atomic E-state index is 0.179. The maximum Gasteiger partial charge on any atom is 0.165 e. The Labute approximate surface area is 99.3 Å². The van der Waals surface area contributed by atoms with Crippen LogP contribution < -0.4 is 11.5 Å². The summed E-state index contributed by atoms with van der Waals surface area (Å²) in [6.45, 7) is 2.54. The molecular weight excluding hydrogens is 214 g/mol. The lowest BCUT2D eigenvalue weighted by atomic mass is 10.1. The van der Waals surface area contributed by atoms with Crippen LogP contribution in [0.4, 0.5) is 11.6 Å². The normalized spacial score (nSPS) is 10.1. The SMILES string of the molecule is Cc1ccccc1Cn1nc(N)c(C#N)c1N. The Morgan fingerprint density at radius 2 is 2.06 bits per heavy atom. The second kappa shape index (κ2) is 4.18. The molecule has 0 unspecified atom stereocenters. The predicted molar refractivity (Wildman–Crippen MR) is 66.0 cm³/mol. The van der Waals surface area contributed by atoms with Gasteiger partial charge in [0.2, 0.25) is 0 Å².